The largest absolute Gasteiger partial charge is 0.352 e. The van der Waals surface area contributed by atoms with Gasteiger partial charge >= 0.3 is 0 Å². The minimum Gasteiger partial charge on any atom is -0.352 e. The second kappa shape index (κ2) is 7.01. The maximum atomic E-state index is 12.4. The lowest BCUT2D eigenvalue weighted by Crippen LogP contribution is -2.26. The summed E-state index contributed by atoms with van der Waals surface area (Å²) in [7, 11) is 0. The highest BCUT2D eigenvalue weighted by Gasteiger charge is 2.13. The third kappa shape index (κ3) is 3.27. The van der Waals surface area contributed by atoms with Crippen molar-refractivity contribution in [2.45, 2.75) is 20.3 Å². The van der Waals surface area contributed by atoms with Gasteiger partial charge in [0.15, 0.2) is 5.82 Å². The number of carbonyl (C=O) groups is 1. The van der Waals surface area contributed by atoms with Crippen LogP contribution in [0.15, 0.2) is 41.1 Å². The molecule has 0 saturated heterocycles. The van der Waals surface area contributed by atoms with Crippen LogP contribution in [0.4, 0.5) is 0 Å². The molecule has 132 valence electrons. The third-order valence-electron chi connectivity index (χ3n) is 4.18. The van der Waals surface area contributed by atoms with Crippen LogP contribution in [0.5, 0.6) is 0 Å². The van der Waals surface area contributed by atoms with Crippen molar-refractivity contribution in [2.24, 2.45) is 0 Å². The van der Waals surface area contributed by atoms with Crippen LogP contribution < -0.4 is 5.32 Å². The number of benzene rings is 1. The van der Waals surface area contributed by atoms with Gasteiger partial charge in [-0.05, 0) is 36.9 Å². The quantitative estimate of drug-likeness (QED) is 0.565. The van der Waals surface area contributed by atoms with E-state index in [4.69, 9.17) is 0 Å². The van der Waals surface area contributed by atoms with E-state index in [0.717, 1.165) is 38.0 Å². The number of rotatable bonds is 5. The Morgan fingerprint density at radius 2 is 2.12 bits per heavy atom. The van der Waals surface area contributed by atoms with Crippen molar-refractivity contribution in [1.82, 2.24) is 19.9 Å². The molecule has 0 aliphatic heterocycles. The number of carbonyl (C=O) groups excluding carboxylic acids is 1. The molecule has 4 aromatic rings. The molecule has 1 N–H and O–H groups in total. The van der Waals surface area contributed by atoms with Gasteiger partial charge in [0.2, 0.25) is 4.96 Å². The van der Waals surface area contributed by atoms with Gasteiger partial charge in [0.1, 0.15) is 0 Å². The molecule has 0 bridgehead atoms. The molecule has 26 heavy (non-hydrogen) atoms. The van der Waals surface area contributed by atoms with Gasteiger partial charge in [-0.25, -0.2) is 4.52 Å². The average Bonchev–Trinajstić information content (AvgIpc) is 3.32. The number of amides is 1. The van der Waals surface area contributed by atoms with Crippen LogP contribution in [0.1, 0.15) is 27.2 Å². The molecule has 3 aromatic heterocycles. The van der Waals surface area contributed by atoms with Gasteiger partial charge in [0.25, 0.3) is 5.91 Å². The number of nitrogens with zero attached hydrogens (tertiary/aromatic N) is 3. The van der Waals surface area contributed by atoms with Gasteiger partial charge in [-0.2, -0.15) is 4.98 Å². The highest BCUT2D eigenvalue weighted by molar-refractivity contribution is 7.15. The molecule has 4 rings (SSSR count). The van der Waals surface area contributed by atoms with Crippen molar-refractivity contribution < 1.29 is 4.79 Å². The molecule has 7 heteroatoms. The molecule has 3 heterocycles. The van der Waals surface area contributed by atoms with Crippen molar-refractivity contribution in [2.75, 3.05) is 6.54 Å². The number of hydrogen-bond acceptors (Lipinski definition) is 5. The maximum absolute atomic E-state index is 12.4. The van der Waals surface area contributed by atoms with Crippen LogP contribution >= 0.6 is 22.7 Å². The Morgan fingerprint density at radius 3 is 2.88 bits per heavy atom. The molecular weight excluding hydrogens is 364 g/mol. The summed E-state index contributed by atoms with van der Waals surface area (Å²) < 4.78 is 1.88. The first-order valence-corrected chi connectivity index (χ1v) is 10.1. The number of hydrogen-bond donors (Lipinski definition) is 1. The maximum Gasteiger partial charge on any atom is 0.251 e. The van der Waals surface area contributed by atoms with E-state index in [1.807, 2.05) is 54.1 Å². The van der Waals surface area contributed by atoms with Crippen molar-refractivity contribution >= 4 is 33.5 Å². The zero-order valence-corrected chi connectivity index (χ0v) is 16.2. The molecule has 5 nitrogen and oxygen atoms in total. The molecule has 0 unspecified atom stereocenters. The van der Waals surface area contributed by atoms with E-state index >= 15 is 0 Å². The molecule has 0 saturated carbocycles. The van der Waals surface area contributed by atoms with E-state index in [9.17, 15) is 4.79 Å². The second-order valence-electron chi connectivity index (χ2n) is 6.16. The van der Waals surface area contributed by atoms with Crippen molar-refractivity contribution in [1.29, 1.82) is 0 Å². The standard InChI is InChI=1S/C19H18N4OS2/c1-12-5-6-15(13(2)10-12)18(24)20-8-7-14-11-26-19-21-17(22-23(14)19)16-4-3-9-25-16/h3-6,9-11H,7-8H2,1-2H3,(H,20,24). The van der Waals surface area contributed by atoms with Gasteiger partial charge < -0.3 is 5.32 Å². The van der Waals surface area contributed by atoms with Crippen molar-refractivity contribution in [3.05, 3.63) is 63.5 Å². The van der Waals surface area contributed by atoms with Gasteiger partial charge in [0.05, 0.1) is 10.6 Å². The monoisotopic (exact) mass is 382 g/mol. The fraction of sp³-hybridized carbons (Fsp3) is 0.211. The number of aromatic nitrogens is 3. The molecule has 1 amide bonds. The Morgan fingerprint density at radius 1 is 1.23 bits per heavy atom. The van der Waals surface area contributed by atoms with Crippen LogP contribution in [-0.4, -0.2) is 27.0 Å². The van der Waals surface area contributed by atoms with E-state index in [0.29, 0.717) is 13.0 Å². The summed E-state index contributed by atoms with van der Waals surface area (Å²) in [5.74, 6) is 0.722. The first-order valence-electron chi connectivity index (χ1n) is 8.34. The Labute approximate surface area is 159 Å². The SMILES string of the molecule is Cc1ccc(C(=O)NCCc2csc3nc(-c4cccs4)nn23)c(C)c1. The summed E-state index contributed by atoms with van der Waals surface area (Å²) in [6, 6.07) is 9.89. The Balaban J connectivity index is 1.44. The van der Waals surface area contributed by atoms with Gasteiger partial charge in [-0.1, -0.05) is 23.8 Å². The normalized spacial score (nSPS) is 11.2. The first kappa shape index (κ1) is 16.9. The molecule has 1 aromatic carbocycles. The minimum atomic E-state index is -0.0353. The lowest BCUT2D eigenvalue weighted by atomic mass is 10.1. The van der Waals surface area contributed by atoms with Crippen LogP contribution in [0, 0.1) is 13.8 Å². The summed E-state index contributed by atoms with van der Waals surface area (Å²) in [6.45, 7) is 4.55. The zero-order chi connectivity index (χ0) is 18.1. The van der Waals surface area contributed by atoms with Crippen molar-refractivity contribution in [3.63, 3.8) is 0 Å². The van der Waals surface area contributed by atoms with E-state index in [-0.39, 0.29) is 5.91 Å². The number of thiophene rings is 1. The third-order valence-corrected chi connectivity index (χ3v) is 5.92. The Kier molecular flexibility index (Phi) is 4.57. The topological polar surface area (TPSA) is 59.3 Å². The predicted molar refractivity (Wildman–Crippen MR) is 106 cm³/mol. The van der Waals surface area contributed by atoms with Gasteiger partial charge in [-0.15, -0.1) is 27.8 Å². The van der Waals surface area contributed by atoms with E-state index < -0.39 is 0 Å². The highest BCUT2D eigenvalue weighted by Crippen LogP contribution is 2.24. The lowest BCUT2D eigenvalue weighted by Gasteiger charge is -2.08. The molecule has 0 aliphatic carbocycles. The zero-order valence-electron chi connectivity index (χ0n) is 14.5. The molecule has 0 radical (unpaired) electrons. The highest BCUT2D eigenvalue weighted by atomic mass is 32.1. The summed E-state index contributed by atoms with van der Waals surface area (Å²) >= 11 is 3.20. The number of nitrogens with one attached hydrogen (secondary N) is 1. The lowest BCUT2D eigenvalue weighted by molar-refractivity contribution is 0.0953. The van der Waals surface area contributed by atoms with Crippen LogP contribution in [-0.2, 0) is 6.42 Å². The fourth-order valence-electron chi connectivity index (χ4n) is 2.87. The van der Waals surface area contributed by atoms with Crippen molar-refractivity contribution in [3.8, 4) is 10.7 Å². The molecular formula is C19H18N4OS2. The molecule has 0 aliphatic rings. The summed E-state index contributed by atoms with van der Waals surface area (Å²) in [4.78, 5) is 18.9. The van der Waals surface area contributed by atoms with E-state index in [2.05, 4.69) is 20.8 Å². The first-order chi connectivity index (χ1) is 12.6. The summed E-state index contributed by atoms with van der Waals surface area (Å²) in [6.07, 6.45) is 0.712. The molecule has 0 atom stereocenters. The smallest absolute Gasteiger partial charge is 0.251 e. The van der Waals surface area contributed by atoms with Gasteiger partial charge in [0, 0.05) is 23.9 Å². The molecule has 0 spiro atoms. The summed E-state index contributed by atoms with van der Waals surface area (Å²) in [5, 5.41) is 11.7. The van der Waals surface area contributed by atoms with Crippen LogP contribution in [0.3, 0.4) is 0 Å². The van der Waals surface area contributed by atoms with Crippen LogP contribution in [0.25, 0.3) is 15.7 Å². The second-order valence-corrected chi connectivity index (χ2v) is 7.94. The predicted octanol–water partition coefficient (Wildman–Crippen LogP) is 4.11. The molecule has 0 fully saturated rings. The Hall–Kier alpha value is -2.51. The average molecular weight is 383 g/mol. The fourth-order valence-corrected chi connectivity index (χ4v) is 4.38. The number of aryl methyl sites for hydroxylation is 2. The number of fused-ring (bicyclic) bond motifs is 1. The van der Waals surface area contributed by atoms with E-state index in [1.165, 1.54) is 0 Å². The summed E-state index contributed by atoms with van der Waals surface area (Å²) in [5.41, 5.74) is 3.94. The Bertz CT molecular complexity index is 1060. The van der Waals surface area contributed by atoms with Gasteiger partial charge in [-0.3, -0.25) is 4.79 Å². The number of thiazole rings is 1. The van der Waals surface area contributed by atoms with E-state index in [1.54, 1.807) is 22.7 Å². The van der Waals surface area contributed by atoms with Crippen LogP contribution in [0.2, 0.25) is 0 Å². The minimum absolute atomic E-state index is 0.0353.